The lowest BCUT2D eigenvalue weighted by molar-refractivity contribution is -0.126. The number of benzene rings is 4. The molecule has 0 unspecified atom stereocenters. The quantitative estimate of drug-likeness (QED) is 0.182. The van der Waals surface area contributed by atoms with Crippen LogP contribution in [0.3, 0.4) is 0 Å². The zero-order valence-electron chi connectivity index (χ0n) is 23.5. The summed E-state index contributed by atoms with van der Waals surface area (Å²) >= 11 is 0. The van der Waals surface area contributed by atoms with Crippen LogP contribution in [-0.2, 0) is 27.8 Å². The molecule has 0 radical (unpaired) electrons. The summed E-state index contributed by atoms with van der Waals surface area (Å²) in [7, 11) is -3.80. The van der Waals surface area contributed by atoms with E-state index in [2.05, 4.69) is 5.32 Å². The number of aromatic hydroxyl groups is 1. The molecular formula is C33H34N4O5S. The van der Waals surface area contributed by atoms with E-state index in [1.807, 2.05) is 42.5 Å². The second-order valence-corrected chi connectivity index (χ2v) is 11.5. The van der Waals surface area contributed by atoms with Crippen molar-refractivity contribution in [2.45, 2.75) is 17.9 Å². The predicted molar refractivity (Wildman–Crippen MR) is 167 cm³/mol. The van der Waals surface area contributed by atoms with Crippen molar-refractivity contribution >= 4 is 27.9 Å². The highest BCUT2D eigenvalue weighted by molar-refractivity contribution is 7.89. The third-order valence-electron chi connectivity index (χ3n) is 6.73. The van der Waals surface area contributed by atoms with Crippen LogP contribution >= 0.6 is 0 Å². The van der Waals surface area contributed by atoms with E-state index < -0.39 is 10.0 Å². The van der Waals surface area contributed by atoms with E-state index in [0.29, 0.717) is 38.2 Å². The molecule has 4 aromatic carbocycles. The number of hydrogen-bond acceptors (Lipinski definition) is 6. The van der Waals surface area contributed by atoms with Crippen molar-refractivity contribution in [3.05, 3.63) is 125 Å². The number of carbonyl (C=O) groups excluding carboxylic acids is 2. The van der Waals surface area contributed by atoms with Gasteiger partial charge >= 0.3 is 0 Å². The molecule has 0 fully saturated rings. The molecule has 0 saturated heterocycles. The number of phenols is 1. The van der Waals surface area contributed by atoms with Gasteiger partial charge in [-0.15, -0.1) is 0 Å². The predicted octanol–water partition coefficient (Wildman–Crippen LogP) is 3.68. The van der Waals surface area contributed by atoms with Crippen LogP contribution in [0.15, 0.2) is 108 Å². The summed E-state index contributed by atoms with van der Waals surface area (Å²) in [6.45, 7) is 1.43. The summed E-state index contributed by atoms with van der Waals surface area (Å²) in [5, 5.41) is 17.5. The number of nitrogens with one attached hydrogen (secondary N) is 1. The molecule has 6 N–H and O–H groups in total. The van der Waals surface area contributed by atoms with E-state index in [0.717, 1.165) is 27.8 Å². The normalized spacial score (nSPS) is 11.4. The molecule has 43 heavy (non-hydrogen) atoms. The molecule has 4 aromatic rings. The van der Waals surface area contributed by atoms with Crippen LogP contribution < -0.4 is 16.2 Å². The van der Waals surface area contributed by atoms with Crippen LogP contribution in [0.4, 0.5) is 0 Å². The third kappa shape index (κ3) is 9.11. The zero-order valence-corrected chi connectivity index (χ0v) is 24.3. The van der Waals surface area contributed by atoms with Crippen molar-refractivity contribution in [3.63, 3.8) is 0 Å². The molecule has 0 aliphatic heterocycles. The van der Waals surface area contributed by atoms with Crippen molar-refractivity contribution in [2.75, 3.05) is 19.6 Å². The minimum atomic E-state index is -3.80. The van der Waals surface area contributed by atoms with Gasteiger partial charge in [0.05, 0.1) is 4.90 Å². The standard InChI is InChI=1S/C33H34N4O5S/c34-18-19-36-33(40)29-6-2-5-28(22-29)27-4-1-3-26(21-27)23-37(32(39)16-11-24-7-12-30(38)13-8-24)20-17-25-9-14-31(15-10-25)43(35,41)42/h1-16,21-22,38H,17-20,23,34H2,(H,36,40)(H2,35,41,42). The van der Waals surface area contributed by atoms with Crippen LogP contribution in [0.5, 0.6) is 5.75 Å². The van der Waals surface area contributed by atoms with Crippen molar-refractivity contribution in [3.8, 4) is 16.9 Å². The average Bonchev–Trinajstić information content (AvgIpc) is 3.01. The highest BCUT2D eigenvalue weighted by Gasteiger charge is 2.14. The monoisotopic (exact) mass is 598 g/mol. The fraction of sp³-hybridized carbons (Fsp3) is 0.152. The van der Waals surface area contributed by atoms with Crippen LogP contribution in [0.25, 0.3) is 17.2 Å². The fourth-order valence-corrected chi connectivity index (χ4v) is 4.95. The van der Waals surface area contributed by atoms with Crippen LogP contribution in [0.2, 0.25) is 0 Å². The SMILES string of the molecule is NCCNC(=O)c1cccc(-c2cccc(CN(CCc3ccc(S(N)(=O)=O)cc3)C(=O)C=Cc3ccc(O)cc3)c2)c1. The van der Waals surface area contributed by atoms with E-state index in [-0.39, 0.29) is 22.5 Å². The number of nitrogens with zero attached hydrogens (tertiary/aromatic N) is 1. The number of phenolic OH excluding ortho intramolecular Hbond substituents is 1. The largest absolute Gasteiger partial charge is 0.508 e. The molecule has 0 aliphatic carbocycles. The topological polar surface area (TPSA) is 156 Å². The molecule has 0 aromatic heterocycles. The average molecular weight is 599 g/mol. The summed E-state index contributed by atoms with van der Waals surface area (Å²) in [4.78, 5) is 27.6. The molecule has 2 amide bonds. The summed E-state index contributed by atoms with van der Waals surface area (Å²) in [6, 6.07) is 27.9. The number of primary sulfonamides is 1. The van der Waals surface area contributed by atoms with Gasteiger partial charge in [0.25, 0.3) is 5.91 Å². The molecule has 10 heteroatoms. The highest BCUT2D eigenvalue weighted by Crippen LogP contribution is 2.23. The Kier molecular flexibility index (Phi) is 10.4. The Balaban J connectivity index is 1.55. The molecule has 0 atom stereocenters. The summed E-state index contributed by atoms with van der Waals surface area (Å²) in [5.74, 6) is -0.267. The molecule has 0 saturated carbocycles. The second kappa shape index (κ2) is 14.4. The van der Waals surface area contributed by atoms with Gasteiger partial charge in [0.15, 0.2) is 0 Å². The van der Waals surface area contributed by atoms with Crippen molar-refractivity contribution in [1.29, 1.82) is 0 Å². The van der Waals surface area contributed by atoms with Crippen LogP contribution in [-0.4, -0.2) is 49.9 Å². The molecule has 0 spiro atoms. The first-order valence-corrected chi connectivity index (χ1v) is 15.2. The first-order chi connectivity index (χ1) is 20.6. The Labute approximate surface area is 251 Å². The number of sulfonamides is 1. The van der Waals surface area contributed by atoms with E-state index >= 15 is 0 Å². The van der Waals surface area contributed by atoms with Crippen molar-refractivity contribution in [2.24, 2.45) is 10.9 Å². The first-order valence-electron chi connectivity index (χ1n) is 13.7. The molecule has 9 nitrogen and oxygen atoms in total. The van der Waals surface area contributed by atoms with Crippen molar-refractivity contribution in [1.82, 2.24) is 10.2 Å². The Morgan fingerprint density at radius 3 is 2.21 bits per heavy atom. The lowest BCUT2D eigenvalue weighted by Crippen LogP contribution is -2.31. The Morgan fingerprint density at radius 1 is 0.860 bits per heavy atom. The highest BCUT2D eigenvalue weighted by atomic mass is 32.2. The zero-order chi connectivity index (χ0) is 30.8. The minimum Gasteiger partial charge on any atom is -0.508 e. The van der Waals surface area contributed by atoms with E-state index in [4.69, 9.17) is 10.9 Å². The fourth-order valence-electron chi connectivity index (χ4n) is 4.43. The Hall–Kier alpha value is -4.77. The van der Waals surface area contributed by atoms with Gasteiger partial charge in [0.1, 0.15) is 5.75 Å². The maximum atomic E-state index is 13.4. The lowest BCUT2D eigenvalue weighted by atomic mass is 10.0. The second-order valence-electron chi connectivity index (χ2n) is 9.95. The molecule has 222 valence electrons. The van der Waals surface area contributed by atoms with E-state index in [1.54, 1.807) is 53.4 Å². The minimum absolute atomic E-state index is 0.0266. The molecule has 0 bridgehead atoms. The maximum Gasteiger partial charge on any atom is 0.251 e. The summed E-state index contributed by atoms with van der Waals surface area (Å²) < 4.78 is 23.2. The number of amides is 2. The Bertz CT molecular complexity index is 1700. The third-order valence-corrected chi connectivity index (χ3v) is 7.66. The molecule has 0 aliphatic rings. The molecule has 0 heterocycles. The number of rotatable bonds is 12. The lowest BCUT2D eigenvalue weighted by Gasteiger charge is -2.22. The van der Waals surface area contributed by atoms with Gasteiger partial charge in [-0.1, -0.05) is 54.6 Å². The van der Waals surface area contributed by atoms with Gasteiger partial charge in [0.2, 0.25) is 15.9 Å². The summed E-state index contributed by atoms with van der Waals surface area (Å²) in [5.41, 5.74) is 10.3. The maximum absolute atomic E-state index is 13.4. The smallest absolute Gasteiger partial charge is 0.251 e. The van der Waals surface area contributed by atoms with Gasteiger partial charge in [-0.2, -0.15) is 0 Å². The number of carbonyl (C=O) groups is 2. The molecule has 4 rings (SSSR count). The van der Waals surface area contributed by atoms with Gasteiger partial charge in [-0.05, 0) is 82.8 Å². The Morgan fingerprint density at radius 2 is 1.53 bits per heavy atom. The summed E-state index contributed by atoms with van der Waals surface area (Å²) in [6.07, 6.45) is 3.67. The van der Waals surface area contributed by atoms with Crippen LogP contribution in [0.1, 0.15) is 27.0 Å². The van der Waals surface area contributed by atoms with Gasteiger partial charge in [0, 0.05) is 37.8 Å². The van der Waals surface area contributed by atoms with Crippen molar-refractivity contribution < 1.29 is 23.1 Å². The van der Waals surface area contributed by atoms with E-state index in [9.17, 15) is 23.1 Å². The van der Waals surface area contributed by atoms with E-state index in [1.165, 1.54) is 18.2 Å². The first kappa shape index (κ1) is 31.2. The molecular weight excluding hydrogens is 564 g/mol. The van der Waals surface area contributed by atoms with Gasteiger partial charge in [-0.3, -0.25) is 9.59 Å². The number of nitrogens with two attached hydrogens (primary N) is 2. The van der Waals surface area contributed by atoms with Gasteiger partial charge in [-0.25, -0.2) is 13.6 Å². The van der Waals surface area contributed by atoms with Gasteiger partial charge < -0.3 is 21.1 Å². The number of hydrogen-bond donors (Lipinski definition) is 4. The van der Waals surface area contributed by atoms with Crippen LogP contribution in [0, 0.1) is 0 Å².